The SMILES string of the molecule is O=C1CNC(=O)C(c2c[nH]c3ccccc23)N1. The monoisotopic (exact) mass is 229 g/mol. The molecule has 1 atom stereocenters. The van der Waals surface area contributed by atoms with E-state index in [1.54, 1.807) is 6.20 Å². The van der Waals surface area contributed by atoms with Crippen LogP contribution in [0.5, 0.6) is 0 Å². The highest BCUT2D eigenvalue weighted by atomic mass is 16.2. The molecule has 0 spiro atoms. The molecule has 1 aliphatic rings. The van der Waals surface area contributed by atoms with Crippen LogP contribution in [0.1, 0.15) is 11.6 Å². The Morgan fingerprint density at radius 2 is 2.00 bits per heavy atom. The first-order chi connectivity index (χ1) is 8.25. The van der Waals surface area contributed by atoms with Gasteiger partial charge in [-0.3, -0.25) is 9.59 Å². The zero-order valence-electron chi connectivity index (χ0n) is 8.99. The number of benzene rings is 1. The van der Waals surface area contributed by atoms with Crippen LogP contribution in [-0.4, -0.2) is 23.3 Å². The molecule has 2 amide bonds. The third-order valence-electron chi connectivity index (χ3n) is 2.92. The zero-order chi connectivity index (χ0) is 11.8. The number of piperazine rings is 1. The van der Waals surface area contributed by atoms with Crippen molar-refractivity contribution in [2.75, 3.05) is 6.54 Å². The third-order valence-corrected chi connectivity index (χ3v) is 2.92. The van der Waals surface area contributed by atoms with E-state index in [9.17, 15) is 9.59 Å². The van der Waals surface area contributed by atoms with Crippen molar-refractivity contribution >= 4 is 22.7 Å². The fraction of sp³-hybridized carbons (Fsp3) is 0.167. The summed E-state index contributed by atoms with van der Waals surface area (Å²) in [7, 11) is 0. The van der Waals surface area contributed by atoms with E-state index in [0.29, 0.717) is 0 Å². The van der Waals surface area contributed by atoms with Crippen LogP contribution in [0.4, 0.5) is 0 Å². The first kappa shape index (κ1) is 9.89. The van der Waals surface area contributed by atoms with E-state index in [4.69, 9.17) is 0 Å². The molecule has 3 rings (SSSR count). The third kappa shape index (κ3) is 1.56. The van der Waals surface area contributed by atoms with E-state index in [0.717, 1.165) is 16.5 Å². The largest absolute Gasteiger partial charge is 0.361 e. The molecule has 5 nitrogen and oxygen atoms in total. The summed E-state index contributed by atoms with van der Waals surface area (Å²) in [4.78, 5) is 26.1. The van der Waals surface area contributed by atoms with E-state index in [1.165, 1.54) is 0 Å². The number of amides is 2. The van der Waals surface area contributed by atoms with Crippen molar-refractivity contribution in [2.45, 2.75) is 6.04 Å². The van der Waals surface area contributed by atoms with Crippen molar-refractivity contribution in [3.63, 3.8) is 0 Å². The summed E-state index contributed by atoms with van der Waals surface area (Å²) >= 11 is 0. The van der Waals surface area contributed by atoms with Crippen molar-refractivity contribution in [3.8, 4) is 0 Å². The molecule has 1 fully saturated rings. The molecular weight excluding hydrogens is 218 g/mol. The van der Waals surface area contributed by atoms with Crippen LogP contribution in [0.2, 0.25) is 0 Å². The van der Waals surface area contributed by atoms with Gasteiger partial charge in [0.2, 0.25) is 11.8 Å². The van der Waals surface area contributed by atoms with Gasteiger partial charge >= 0.3 is 0 Å². The Labute approximate surface area is 97.2 Å². The molecule has 17 heavy (non-hydrogen) atoms. The van der Waals surface area contributed by atoms with Gasteiger partial charge in [0.05, 0.1) is 6.54 Å². The Hall–Kier alpha value is -2.30. The van der Waals surface area contributed by atoms with Gasteiger partial charge in [0.1, 0.15) is 6.04 Å². The topological polar surface area (TPSA) is 74.0 Å². The van der Waals surface area contributed by atoms with Crippen molar-refractivity contribution in [3.05, 3.63) is 36.0 Å². The summed E-state index contributed by atoms with van der Waals surface area (Å²) < 4.78 is 0. The van der Waals surface area contributed by atoms with Gasteiger partial charge in [0.25, 0.3) is 0 Å². The predicted molar refractivity (Wildman–Crippen MR) is 62.2 cm³/mol. The molecule has 86 valence electrons. The van der Waals surface area contributed by atoms with Crippen LogP contribution < -0.4 is 10.6 Å². The van der Waals surface area contributed by atoms with E-state index in [-0.39, 0.29) is 18.4 Å². The maximum atomic E-state index is 11.7. The first-order valence-electron chi connectivity index (χ1n) is 5.39. The number of aromatic amines is 1. The van der Waals surface area contributed by atoms with E-state index in [1.807, 2.05) is 24.3 Å². The molecule has 2 aromatic rings. The second-order valence-corrected chi connectivity index (χ2v) is 4.01. The molecule has 3 N–H and O–H groups in total. The Morgan fingerprint density at radius 1 is 1.18 bits per heavy atom. The van der Waals surface area contributed by atoms with Crippen LogP contribution in [-0.2, 0) is 9.59 Å². The number of carbonyl (C=O) groups is 2. The van der Waals surface area contributed by atoms with Crippen LogP contribution in [0.3, 0.4) is 0 Å². The normalized spacial score (nSPS) is 20.1. The van der Waals surface area contributed by atoms with Crippen molar-refractivity contribution in [2.24, 2.45) is 0 Å². The number of nitrogens with one attached hydrogen (secondary N) is 3. The van der Waals surface area contributed by atoms with Gasteiger partial charge in [0, 0.05) is 22.7 Å². The molecule has 1 aromatic heterocycles. The van der Waals surface area contributed by atoms with E-state index in [2.05, 4.69) is 15.6 Å². The number of carbonyl (C=O) groups excluding carboxylic acids is 2. The molecular formula is C12H11N3O2. The molecule has 0 aliphatic carbocycles. The summed E-state index contributed by atoms with van der Waals surface area (Å²) in [5.41, 5.74) is 1.75. The lowest BCUT2D eigenvalue weighted by molar-refractivity contribution is -0.133. The molecule has 1 unspecified atom stereocenters. The molecule has 2 heterocycles. The molecule has 1 aliphatic heterocycles. The number of para-hydroxylation sites is 1. The molecule has 5 heteroatoms. The number of fused-ring (bicyclic) bond motifs is 1. The van der Waals surface area contributed by atoms with Crippen LogP contribution in [0.25, 0.3) is 10.9 Å². The number of H-pyrrole nitrogens is 1. The lowest BCUT2D eigenvalue weighted by Gasteiger charge is -2.22. The maximum absolute atomic E-state index is 11.7. The fourth-order valence-electron chi connectivity index (χ4n) is 2.10. The lowest BCUT2D eigenvalue weighted by Crippen LogP contribution is -2.50. The van der Waals surface area contributed by atoms with Crippen molar-refractivity contribution in [1.82, 2.24) is 15.6 Å². The summed E-state index contributed by atoms with van der Waals surface area (Å²) in [5, 5.41) is 6.21. The first-order valence-corrected chi connectivity index (χ1v) is 5.39. The van der Waals surface area contributed by atoms with Crippen LogP contribution in [0, 0.1) is 0 Å². The Kier molecular flexibility index (Phi) is 2.11. The van der Waals surface area contributed by atoms with Gasteiger partial charge < -0.3 is 15.6 Å². The van der Waals surface area contributed by atoms with Gasteiger partial charge in [-0.05, 0) is 6.07 Å². The highest BCUT2D eigenvalue weighted by molar-refractivity contribution is 5.98. The Morgan fingerprint density at radius 3 is 2.88 bits per heavy atom. The molecule has 0 bridgehead atoms. The minimum Gasteiger partial charge on any atom is -0.361 e. The maximum Gasteiger partial charge on any atom is 0.247 e. The summed E-state index contributed by atoms with van der Waals surface area (Å²) in [6.07, 6.45) is 1.76. The zero-order valence-corrected chi connectivity index (χ0v) is 8.99. The van der Waals surface area contributed by atoms with Gasteiger partial charge in [-0.25, -0.2) is 0 Å². The van der Waals surface area contributed by atoms with Gasteiger partial charge in [-0.15, -0.1) is 0 Å². The van der Waals surface area contributed by atoms with Crippen LogP contribution in [0.15, 0.2) is 30.5 Å². The number of hydrogen-bond acceptors (Lipinski definition) is 2. The highest BCUT2D eigenvalue weighted by Crippen LogP contribution is 2.24. The predicted octanol–water partition coefficient (Wildman–Crippen LogP) is 0.455. The standard InChI is InChI=1S/C12H11N3O2/c16-10-6-14-12(17)11(15-10)8-5-13-9-4-2-1-3-7(8)9/h1-5,11,13H,6H2,(H,14,17)(H,15,16). The minimum atomic E-state index is -0.604. The van der Waals surface area contributed by atoms with Crippen molar-refractivity contribution < 1.29 is 9.59 Å². The van der Waals surface area contributed by atoms with Crippen LogP contribution >= 0.6 is 0 Å². The second kappa shape index (κ2) is 3.62. The number of rotatable bonds is 1. The molecule has 1 saturated heterocycles. The quantitative estimate of drug-likeness (QED) is 0.664. The molecule has 0 radical (unpaired) electrons. The minimum absolute atomic E-state index is 0.0533. The summed E-state index contributed by atoms with van der Waals surface area (Å²) in [6, 6.07) is 7.08. The highest BCUT2D eigenvalue weighted by Gasteiger charge is 2.29. The molecule has 0 saturated carbocycles. The van der Waals surface area contributed by atoms with E-state index >= 15 is 0 Å². The van der Waals surface area contributed by atoms with Gasteiger partial charge in [-0.2, -0.15) is 0 Å². The fourth-order valence-corrected chi connectivity index (χ4v) is 2.10. The second-order valence-electron chi connectivity index (χ2n) is 4.01. The lowest BCUT2D eigenvalue weighted by atomic mass is 10.0. The van der Waals surface area contributed by atoms with Crippen molar-refractivity contribution in [1.29, 1.82) is 0 Å². The summed E-state index contributed by atoms with van der Waals surface area (Å²) in [5.74, 6) is -0.339. The van der Waals surface area contributed by atoms with Gasteiger partial charge in [0.15, 0.2) is 0 Å². The molecule has 1 aromatic carbocycles. The van der Waals surface area contributed by atoms with Gasteiger partial charge in [-0.1, -0.05) is 18.2 Å². The number of hydrogen-bond donors (Lipinski definition) is 3. The van der Waals surface area contributed by atoms with E-state index < -0.39 is 6.04 Å². The Bertz CT molecular complexity index is 603. The number of aromatic nitrogens is 1. The average molecular weight is 229 g/mol. The smallest absolute Gasteiger partial charge is 0.247 e. The average Bonchev–Trinajstić information content (AvgIpc) is 2.76. The Balaban J connectivity index is 2.08. The summed E-state index contributed by atoms with van der Waals surface area (Å²) in [6.45, 7) is 0.0533.